The molecule has 0 spiro atoms. The van der Waals surface area contributed by atoms with Gasteiger partial charge in [0.05, 0.1) is 12.2 Å². The molecule has 0 saturated carbocycles. The predicted octanol–water partition coefficient (Wildman–Crippen LogP) is 3.92. The van der Waals surface area contributed by atoms with Crippen molar-refractivity contribution in [3.05, 3.63) is 71.8 Å². The van der Waals surface area contributed by atoms with Crippen LogP contribution in [-0.2, 0) is 0 Å². The van der Waals surface area contributed by atoms with Crippen molar-refractivity contribution in [3.8, 4) is 0 Å². The molecule has 0 saturated heterocycles. The summed E-state index contributed by atoms with van der Waals surface area (Å²) in [7, 11) is 7.97. The Morgan fingerprint density at radius 1 is 0.654 bits per heavy atom. The van der Waals surface area contributed by atoms with E-state index in [1.54, 1.807) is 0 Å². The summed E-state index contributed by atoms with van der Waals surface area (Å²) < 4.78 is 0. The van der Waals surface area contributed by atoms with Gasteiger partial charge in [-0.05, 0) is 48.2 Å². The molecule has 4 nitrogen and oxygen atoms in total. The monoisotopic (exact) mass is 354 g/mol. The number of hydrogen-bond acceptors (Lipinski definition) is 4. The zero-order chi connectivity index (χ0) is 19.1. The number of rotatable bonds is 8. The highest BCUT2D eigenvalue weighted by Crippen LogP contribution is 2.23. The maximum atomic E-state index is 10.3. The van der Waals surface area contributed by atoms with Crippen LogP contribution in [0.2, 0.25) is 0 Å². The van der Waals surface area contributed by atoms with Gasteiger partial charge in [0.25, 0.3) is 0 Å². The molecule has 0 amide bonds. The number of aliphatic hydroxyl groups is 2. The summed E-state index contributed by atoms with van der Waals surface area (Å²) in [4.78, 5) is 4.06. The van der Waals surface area contributed by atoms with E-state index in [9.17, 15) is 10.2 Å². The Morgan fingerprint density at radius 3 is 1.23 bits per heavy atom. The summed E-state index contributed by atoms with van der Waals surface area (Å²) in [5.41, 5.74) is 4.03. The molecule has 2 aromatic carbocycles. The predicted molar refractivity (Wildman–Crippen MR) is 110 cm³/mol. The van der Waals surface area contributed by atoms with Crippen LogP contribution in [-0.4, -0.2) is 38.4 Å². The molecule has 2 unspecified atom stereocenters. The van der Waals surface area contributed by atoms with Crippen LogP contribution in [0.3, 0.4) is 0 Å². The number of aliphatic hydroxyl groups excluding tert-OH is 2. The van der Waals surface area contributed by atoms with E-state index in [1.807, 2.05) is 98.7 Å². The van der Waals surface area contributed by atoms with E-state index in [1.165, 1.54) is 0 Å². The molecule has 0 aliphatic rings. The first kappa shape index (κ1) is 20.0. The van der Waals surface area contributed by atoms with Gasteiger partial charge in [0.1, 0.15) is 0 Å². The van der Waals surface area contributed by atoms with Crippen molar-refractivity contribution in [2.75, 3.05) is 38.0 Å². The second-order valence-electron chi connectivity index (χ2n) is 6.95. The lowest BCUT2D eigenvalue weighted by molar-refractivity contribution is 0.177. The van der Waals surface area contributed by atoms with E-state index in [0.29, 0.717) is 12.8 Å². The average molecular weight is 354 g/mol. The van der Waals surface area contributed by atoms with E-state index in [4.69, 9.17) is 0 Å². The van der Waals surface area contributed by atoms with Crippen molar-refractivity contribution in [2.24, 2.45) is 0 Å². The molecule has 0 heterocycles. The first-order chi connectivity index (χ1) is 12.4. The minimum absolute atomic E-state index is 0.529. The zero-order valence-corrected chi connectivity index (χ0v) is 16.1. The molecule has 2 aromatic rings. The van der Waals surface area contributed by atoms with Gasteiger partial charge < -0.3 is 20.0 Å². The Balaban J connectivity index is 1.83. The zero-order valence-electron chi connectivity index (χ0n) is 16.1. The molecule has 0 aromatic heterocycles. The van der Waals surface area contributed by atoms with Crippen molar-refractivity contribution in [1.82, 2.24) is 0 Å². The SMILES string of the molecule is CN(C)c1ccc(C(O)CC=CCC(O)c2ccc(N(C)C)cc2)cc1. The van der Waals surface area contributed by atoms with Crippen LogP contribution in [0.5, 0.6) is 0 Å². The third-order valence-corrected chi connectivity index (χ3v) is 4.47. The van der Waals surface area contributed by atoms with Crippen LogP contribution in [0.1, 0.15) is 36.2 Å². The second-order valence-corrected chi connectivity index (χ2v) is 6.95. The summed E-state index contributed by atoms with van der Waals surface area (Å²) in [6, 6.07) is 15.8. The molecule has 0 aliphatic carbocycles. The standard InChI is InChI=1S/C22H30N2O2/c1-23(2)19-13-9-17(10-14-19)21(25)7-5-6-8-22(26)18-11-15-20(16-12-18)24(3)4/h5-6,9-16,21-22,25-26H,7-8H2,1-4H3. The van der Waals surface area contributed by atoms with Crippen LogP contribution < -0.4 is 9.80 Å². The molecule has 0 fully saturated rings. The highest BCUT2D eigenvalue weighted by Gasteiger charge is 2.08. The number of nitrogens with zero attached hydrogens (tertiary/aromatic N) is 2. The minimum atomic E-state index is -0.529. The number of anilines is 2. The Bertz CT molecular complexity index is 630. The van der Waals surface area contributed by atoms with Gasteiger partial charge >= 0.3 is 0 Å². The van der Waals surface area contributed by atoms with Gasteiger partial charge in [-0.2, -0.15) is 0 Å². The second kappa shape index (κ2) is 9.41. The van der Waals surface area contributed by atoms with Crippen molar-refractivity contribution >= 4 is 11.4 Å². The summed E-state index contributed by atoms with van der Waals surface area (Å²) in [5.74, 6) is 0. The van der Waals surface area contributed by atoms with Crippen molar-refractivity contribution in [3.63, 3.8) is 0 Å². The maximum absolute atomic E-state index is 10.3. The molecule has 26 heavy (non-hydrogen) atoms. The fraction of sp³-hybridized carbons (Fsp3) is 0.364. The molecular weight excluding hydrogens is 324 g/mol. The first-order valence-electron chi connectivity index (χ1n) is 8.94. The molecule has 4 heteroatoms. The van der Waals surface area contributed by atoms with Crippen LogP contribution >= 0.6 is 0 Å². The van der Waals surface area contributed by atoms with Gasteiger partial charge in [-0.25, -0.2) is 0 Å². The fourth-order valence-corrected chi connectivity index (χ4v) is 2.71. The normalized spacial score (nSPS) is 13.6. The topological polar surface area (TPSA) is 46.9 Å². The van der Waals surface area contributed by atoms with Gasteiger partial charge in [-0.1, -0.05) is 36.4 Å². The lowest BCUT2D eigenvalue weighted by atomic mass is 10.0. The molecule has 2 atom stereocenters. The third kappa shape index (κ3) is 5.61. The number of hydrogen-bond donors (Lipinski definition) is 2. The van der Waals surface area contributed by atoms with E-state index >= 15 is 0 Å². The Hall–Kier alpha value is -2.30. The van der Waals surface area contributed by atoms with Gasteiger partial charge in [-0.15, -0.1) is 0 Å². The summed E-state index contributed by atoms with van der Waals surface area (Å²) >= 11 is 0. The Kier molecular flexibility index (Phi) is 7.25. The van der Waals surface area contributed by atoms with Crippen molar-refractivity contribution in [1.29, 1.82) is 0 Å². The minimum Gasteiger partial charge on any atom is -0.388 e. The Labute approximate surface area is 157 Å². The lowest BCUT2D eigenvalue weighted by Gasteiger charge is -2.15. The molecule has 2 N–H and O–H groups in total. The van der Waals surface area contributed by atoms with E-state index < -0.39 is 12.2 Å². The summed E-state index contributed by atoms with van der Waals surface area (Å²) in [5, 5.41) is 20.6. The van der Waals surface area contributed by atoms with Crippen molar-refractivity contribution < 1.29 is 10.2 Å². The highest BCUT2D eigenvalue weighted by molar-refractivity contribution is 5.47. The van der Waals surface area contributed by atoms with E-state index in [2.05, 4.69) is 0 Å². The van der Waals surface area contributed by atoms with Crippen LogP contribution in [0.4, 0.5) is 11.4 Å². The van der Waals surface area contributed by atoms with Crippen LogP contribution in [0.15, 0.2) is 60.7 Å². The molecule has 2 rings (SSSR count). The van der Waals surface area contributed by atoms with E-state index in [0.717, 1.165) is 22.5 Å². The summed E-state index contributed by atoms with van der Waals surface area (Å²) in [6.07, 6.45) is 3.88. The molecule has 0 bridgehead atoms. The third-order valence-electron chi connectivity index (χ3n) is 4.47. The van der Waals surface area contributed by atoms with Gasteiger partial charge in [-0.3, -0.25) is 0 Å². The van der Waals surface area contributed by atoms with Crippen LogP contribution in [0, 0.1) is 0 Å². The van der Waals surface area contributed by atoms with Gasteiger partial charge in [0.2, 0.25) is 0 Å². The molecule has 140 valence electrons. The first-order valence-corrected chi connectivity index (χ1v) is 8.94. The highest BCUT2D eigenvalue weighted by atomic mass is 16.3. The fourth-order valence-electron chi connectivity index (χ4n) is 2.71. The molecule has 0 aliphatic heterocycles. The largest absolute Gasteiger partial charge is 0.388 e. The quantitative estimate of drug-likeness (QED) is 0.706. The summed E-state index contributed by atoms with van der Waals surface area (Å²) in [6.45, 7) is 0. The lowest BCUT2D eigenvalue weighted by Crippen LogP contribution is -2.08. The maximum Gasteiger partial charge on any atom is 0.0824 e. The average Bonchev–Trinajstić information content (AvgIpc) is 2.65. The van der Waals surface area contributed by atoms with Crippen LogP contribution in [0.25, 0.3) is 0 Å². The van der Waals surface area contributed by atoms with E-state index in [-0.39, 0.29) is 0 Å². The number of benzene rings is 2. The molecule has 0 radical (unpaired) electrons. The smallest absolute Gasteiger partial charge is 0.0824 e. The molecular formula is C22H30N2O2. The van der Waals surface area contributed by atoms with Gasteiger partial charge in [0, 0.05) is 39.6 Å². The van der Waals surface area contributed by atoms with Crippen molar-refractivity contribution in [2.45, 2.75) is 25.0 Å². The Morgan fingerprint density at radius 2 is 0.962 bits per heavy atom. The van der Waals surface area contributed by atoms with Gasteiger partial charge in [0.15, 0.2) is 0 Å².